The minimum Gasteiger partial charge on any atom is -0.496 e. The molecule has 0 unspecified atom stereocenters. The third kappa shape index (κ3) is 2.57. The molecule has 0 aliphatic rings. The van der Waals surface area contributed by atoms with E-state index < -0.39 is 11.9 Å². The molecular formula is C17H14N2O6. The van der Waals surface area contributed by atoms with Crippen LogP contribution in [0.25, 0.3) is 21.8 Å². The van der Waals surface area contributed by atoms with Crippen LogP contribution in [0.4, 0.5) is 0 Å². The third-order valence-electron chi connectivity index (χ3n) is 3.92. The van der Waals surface area contributed by atoms with Crippen molar-refractivity contribution < 1.29 is 29.3 Å². The van der Waals surface area contributed by atoms with E-state index in [1.165, 1.54) is 26.4 Å². The monoisotopic (exact) mass is 342 g/mol. The van der Waals surface area contributed by atoms with E-state index in [-0.39, 0.29) is 11.4 Å². The van der Waals surface area contributed by atoms with Gasteiger partial charge in [-0.2, -0.15) is 0 Å². The molecule has 0 aliphatic carbocycles. The summed E-state index contributed by atoms with van der Waals surface area (Å²) in [5.41, 5.74) is 0.944. The molecule has 25 heavy (non-hydrogen) atoms. The summed E-state index contributed by atoms with van der Waals surface area (Å²) >= 11 is 0. The number of carboxylic acid groups (broad SMARTS) is 2. The maximum atomic E-state index is 11.3. The molecule has 0 bridgehead atoms. The zero-order valence-electron chi connectivity index (χ0n) is 13.7. The highest BCUT2D eigenvalue weighted by Crippen LogP contribution is 2.36. The second-order valence-electron chi connectivity index (χ2n) is 5.32. The van der Waals surface area contributed by atoms with Crippen molar-refractivity contribution in [2.45, 2.75) is 6.92 Å². The van der Waals surface area contributed by atoms with Crippen LogP contribution < -0.4 is 9.47 Å². The summed E-state index contributed by atoms with van der Waals surface area (Å²) in [5, 5.41) is 19.6. The van der Waals surface area contributed by atoms with Crippen molar-refractivity contribution >= 4 is 33.7 Å². The molecular weight excluding hydrogens is 328 g/mol. The van der Waals surface area contributed by atoms with Gasteiger partial charge in [0.05, 0.1) is 25.3 Å². The van der Waals surface area contributed by atoms with Crippen LogP contribution in [0.15, 0.2) is 18.2 Å². The van der Waals surface area contributed by atoms with Gasteiger partial charge in [0, 0.05) is 28.5 Å². The van der Waals surface area contributed by atoms with Crippen molar-refractivity contribution in [3.05, 3.63) is 35.2 Å². The Balaban J connectivity index is 2.52. The minimum atomic E-state index is -1.19. The van der Waals surface area contributed by atoms with Crippen LogP contribution in [-0.2, 0) is 0 Å². The summed E-state index contributed by atoms with van der Waals surface area (Å²) in [6, 6.07) is 4.37. The second kappa shape index (κ2) is 5.90. The number of rotatable bonds is 4. The molecule has 0 saturated carbocycles. The number of ether oxygens (including phenoxy) is 2. The third-order valence-corrected chi connectivity index (χ3v) is 3.92. The Morgan fingerprint density at radius 3 is 1.56 bits per heavy atom. The van der Waals surface area contributed by atoms with Crippen LogP contribution >= 0.6 is 0 Å². The Morgan fingerprint density at radius 1 is 0.840 bits per heavy atom. The highest BCUT2D eigenvalue weighted by Gasteiger charge is 2.19. The lowest BCUT2D eigenvalue weighted by Gasteiger charge is -2.13. The van der Waals surface area contributed by atoms with Crippen LogP contribution in [0.1, 0.15) is 26.5 Å². The van der Waals surface area contributed by atoms with Gasteiger partial charge in [-0.3, -0.25) is 0 Å². The van der Waals surface area contributed by atoms with Crippen LogP contribution in [0, 0.1) is 6.92 Å². The number of pyridine rings is 2. The van der Waals surface area contributed by atoms with Crippen molar-refractivity contribution in [1.82, 2.24) is 9.97 Å². The van der Waals surface area contributed by atoms with Crippen molar-refractivity contribution in [1.29, 1.82) is 0 Å². The van der Waals surface area contributed by atoms with Crippen LogP contribution in [0.3, 0.4) is 0 Å². The highest BCUT2D eigenvalue weighted by molar-refractivity contribution is 6.06. The smallest absolute Gasteiger partial charge is 0.354 e. The summed E-state index contributed by atoms with van der Waals surface area (Å²) in [6.45, 7) is 1.70. The number of aromatic carboxylic acids is 2. The molecule has 2 aromatic heterocycles. The molecule has 8 nitrogen and oxygen atoms in total. The lowest BCUT2D eigenvalue weighted by Crippen LogP contribution is -2.05. The lowest BCUT2D eigenvalue weighted by atomic mass is 10.0. The number of aryl methyl sites for hydroxylation is 1. The molecule has 8 heteroatoms. The van der Waals surface area contributed by atoms with Gasteiger partial charge in [0.15, 0.2) is 11.4 Å². The number of nitrogens with zero attached hydrogens (tertiary/aromatic N) is 2. The molecule has 2 N–H and O–H groups in total. The first-order valence-corrected chi connectivity index (χ1v) is 7.21. The van der Waals surface area contributed by atoms with E-state index in [0.29, 0.717) is 38.9 Å². The number of methoxy groups -OCH3 is 2. The van der Waals surface area contributed by atoms with E-state index in [9.17, 15) is 19.8 Å². The normalized spacial score (nSPS) is 10.8. The predicted molar refractivity (Wildman–Crippen MR) is 88.8 cm³/mol. The molecule has 3 rings (SSSR count). The molecule has 0 atom stereocenters. The maximum absolute atomic E-state index is 11.3. The van der Waals surface area contributed by atoms with E-state index in [2.05, 4.69) is 9.97 Å². The standard InChI is InChI=1S/C17H14N2O6/c1-7-14-8(12(24-2)5-10(18-14)16(20)21)4-9-13(25-3)6-11(17(22)23)19-15(7)9/h4-6H,1-3H3,(H,20,21)(H,22,23). The number of aromatic nitrogens is 2. The molecule has 128 valence electrons. The fraction of sp³-hybridized carbons (Fsp3) is 0.176. The van der Waals surface area contributed by atoms with E-state index in [4.69, 9.17) is 9.47 Å². The van der Waals surface area contributed by atoms with E-state index in [1.54, 1.807) is 13.0 Å². The quantitative estimate of drug-likeness (QED) is 0.694. The van der Waals surface area contributed by atoms with Gasteiger partial charge in [-0.05, 0) is 13.0 Å². The Labute approximate surface area is 141 Å². The van der Waals surface area contributed by atoms with Gasteiger partial charge < -0.3 is 19.7 Å². The minimum absolute atomic E-state index is 0.173. The van der Waals surface area contributed by atoms with Crippen LogP contribution in [0.5, 0.6) is 11.5 Å². The van der Waals surface area contributed by atoms with Crippen LogP contribution in [0.2, 0.25) is 0 Å². The first-order valence-electron chi connectivity index (χ1n) is 7.21. The van der Waals surface area contributed by atoms with Gasteiger partial charge in [0.1, 0.15) is 11.5 Å². The van der Waals surface area contributed by atoms with Crippen molar-refractivity contribution in [2.24, 2.45) is 0 Å². The highest BCUT2D eigenvalue weighted by atomic mass is 16.5. The van der Waals surface area contributed by atoms with Gasteiger partial charge in [-0.25, -0.2) is 19.6 Å². The summed E-state index contributed by atoms with van der Waals surface area (Å²) in [4.78, 5) is 30.9. The second-order valence-corrected chi connectivity index (χ2v) is 5.32. The number of benzene rings is 1. The molecule has 0 amide bonds. The molecule has 1 aromatic carbocycles. The summed E-state index contributed by atoms with van der Waals surface area (Å²) in [5.74, 6) is -1.69. The zero-order chi connectivity index (χ0) is 18.3. The van der Waals surface area contributed by atoms with E-state index in [1.807, 2.05) is 0 Å². The molecule has 0 fully saturated rings. The number of hydrogen-bond donors (Lipinski definition) is 2. The SMILES string of the molecule is COc1cc(C(=O)O)nc2c(C)c3nc(C(=O)O)cc(OC)c3cc12. The average Bonchev–Trinajstić information content (AvgIpc) is 2.60. The zero-order valence-corrected chi connectivity index (χ0v) is 13.7. The average molecular weight is 342 g/mol. The fourth-order valence-corrected chi connectivity index (χ4v) is 2.73. The van der Waals surface area contributed by atoms with Gasteiger partial charge in [-0.15, -0.1) is 0 Å². The van der Waals surface area contributed by atoms with Crippen molar-refractivity contribution in [3.8, 4) is 11.5 Å². The summed E-state index contributed by atoms with van der Waals surface area (Å²) < 4.78 is 10.6. The number of fused-ring (bicyclic) bond motifs is 2. The van der Waals surface area contributed by atoms with E-state index >= 15 is 0 Å². The van der Waals surface area contributed by atoms with Gasteiger partial charge in [-0.1, -0.05) is 0 Å². The Bertz CT molecular complexity index is 965. The number of carboxylic acids is 2. The summed E-state index contributed by atoms with van der Waals surface area (Å²) in [6.07, 6.45) is 0. The largest absolute Gasteiger partial charge is 0.496 e. The van der Waals surface area contributed by atoms with Gasteiger partial charge in [0.25, 0.3) is 0 Å². The van der Waals surface area contributed by atoms with Crippen LogP contribution in [-0.4, -0.2) is 46.3 Å². The fourth-order valence-electron chi connectivity index (χ4n) is 2.73. The number of carbonyl (C=O) groups is 2. The maximum Gasteiger partial charge on any atom is 0.354 e. The lowest BCUT2D eigenvalue weighted by molar-refractivity contribution is 0.0680. The van der Waals surface area contributed by atoms with Gasteiger partial charge in [0.2, 0.25) is 0 Å². The van der Waals surface area contributed by atoms with Crippen molar-refractivity contribution in [3.63, 3.8) is 0 Å². The van der Waals surface area contributed by atoms with E-state index in [0.717, 1.165) is 0 Å². The van der Waals surface area contributed by atoms with Gasteiger partial charge >= 0.3 is 11.9 Å². The Kier molecular flexibility index (Phi) is 3.88. The summed E-state index contributed by atoms with van der Waals surface area (Å²) in [7, 11) is 2.87. The molecule has 3 aromatic rings. The molecule has 0 spiro atoms. The first-order chi connectivity index (χ1) is 11.9. The Morgan fingerprint density at radius 2 is 1.24 bits per heavy atom. The molecule has 2 heterocycles. The first kappa shape index (κ1) is 16.4. The molecule has 0 radical (unpaired) electrons. The van der Waals surface area contributed by atoms with Crippen molar-refractivity contribution in [2.75, 3.05) is 14.2 Å². The Hall–Kier alpha value is -3.42. The topological polar surface area (TPSA) is 119 Å². The molecule has 0 saturated heterocycles. The molecule has 0 aliphatic heterocycles. The number of hydrogen-bond acceptors (Lipinski definition) is 6. The predicted octanol–water partition coefficient (Wildman–Crippen LogP) is 2.51.